The van der Waals surface area contributed by atoms with Gasteiger partial charge in [0.05, 0.1) is 0 Å². The van der Waals surface area contributed by atoms with Crippen LogP contribution in [0.4, 0.5) is 0 Å². The quantitative estimate of drug-likeness (QED) is 0.521. The van der Waals surface area contributed by atoms with E-state index in [1.807, 2.05) is 0 Å². The van der Waals surface area contributed by atoms with E-state index < -0.39 is 42.5 Å². The van der Waals surface area contributed by atoms with Gasteiger partial charge in [-0.05, 0) is 0 Å². The van der Waals surface area contributed by atoms with Crippen molar-refractivity contribution < 1.29 is 38.4 Å². The van der Waals surface area contributed by atoms with Crippen molar-refractivity contribution in [3.05, 3.63) is 0 Å². The van der Waals surface area contributed by atoms with E-state index in [4.69, 9.17) is 18.9 Å². The van der Waals surface area contributed by atoms with Crippen LogP contribution in [-0.2, 0) is 33.3 Å². The molecule has 108 valence electrons. The zero-order valence-electron chi connectivity index (χ0n) is 10.8. The first kappa shape index (κ1) is 15.4. The molecule has 1 N–H and O–H groups in total. The first-order valence-corrected chi connectivity index (χ1v) is 5.62. The Morgan fingerprint density at radius 3 is 2.00 bits per heavy atom. The number of ether oxygens (including phenoxy) is 4. The Labute approximate surface area is 109 Å². The Balaban J connectivity index is 2.76. The van der Waals surface area contributed by atoms with Crippen molar-refractivity contribution >= 4 is 17.9 Å². The summed E-state index contributed by atoms with van der Waals surface area (Å²) in [6.07, 6.45) is -4.53. The molecule has 1 saturated heterocycles. The lowest BCUT2D eigenvalue weighted by molar-refractivity contribution is -0.174. The van der Waals surface area contributed by atoms with E-state index in [0.29, 0.717) is 0 Å². The summed E-state index contributed by atoms with van der Waals surface area (Å²) < 4.78 is 19.6. The van der Waals surface area contributed by atoms with Crippen molar-refractivity contribution in [2.24, 2.45) is 0 Å². The Hall–Kier alpha value is -1.67. The Morgan fingerprint density at radius 1 is 1.00 bits per heavy atom. The summed E-state index contributed by atoms with van der Waals surface area (Å²) in [6, 6.07) is 0. The number of hydrogen-bond donors (Lipinski definition) is 1. The Bertz CT molecular complexity index is 366. The van der Waals surface area contributed by atoms with Crippen LogP contribution in [0.3, 0.4) is 0 Å². The summed E-state index contributed by atoms with van der Waals surface area (Å²) in [5.41, 5.74) is 0. The molecule has 8 nitrogen and oxygen atoms in total. The first-order valence-electron chi connectivity index (χ1n) is 5.62. The van der Waals surface area contributed by atoms with Crippen LogP contribution in [0.5, 0.6) is 0 Å². The summed E-state index contributed by atoms with van der Waals surface area (Å²) in [5, 5.41) is 9.63. The van der Waals surface area contributed by atoms with Gasteiger partial charge in [-0.1, -0.05) is 0 Å². The summed E-state index contributed by atoms with van der Waals surface area (Å²) >= 11 is 0. The SMILES string of the molecule is CC(=O)OC[C@@H]1O[C@H](O)[C@H](OC(C)=O)C1OC(C)=O. The maximum Gasteiger partial charge on any atom is 0.303 e. The van der Waals surface area contributed by atoms with E-state index in [1.165, 1.54) is 13.8 Å². The molecular formula is C11H16O8. The largest absolute Gasteiger partial charge is 0.463 e. The van der Waals surface area contributed by atoms with Crippen LogP contribution in [0.25, 0.3) is 0 Å². The summed E-state index contributed by atoms with van der Waals surface area (Å²) in [4.78, 5) is 32.7. The number of esters is 3. The molecule has 0 aromatic carbocycles. The number of aliphatic hydroxyl groups excluding tert-OH is 1. The van der Waals surface area contributed by atoms with Gasteiger partial charge in [-0.3, -0.25) is 14.4 Å². The lowest BCUT2D eigenvalue weighted by Crippen LogP contribution is -2.41. The summed E-state index contributed by atoms with van der Waals surface area (Å²) in [5.74, 6) is -1.83. The molecule has 0 aliphatic carbocycles. The smallest absolute Gasteiger partial charge is 0.303 e. The molecule has 4 atom stereocenters. The fraction of sp³-hybridized carbons (Fsp3) is 0.727. The molecule has 0 aromatic rings. The van der Waals surface area contributed by atoms with Crippen LogP contribution in [-0.4, -0.2) is 54.2 Å². The van der Waals surface area contributed by atoms with Crippen molar-refractivity contribution in [3.63, 3.8) is 0 Å². The predicted molar refractivity (Wildman–Crippen MR) is 58.6 cm³/mol. The van der Waals surface area contributed by atoms with Gasteiger partial charge in [0, 0.05) is 20.8 Å². The third kappa shape index (κ3) is 4.49. The fourth-order valence-corrected chi connectivity index (χ4v) is 1.69. The van der Waals surface area contributed by atoms with Gasteiger partial charge in [0.2, 0.25) is 0 Å². The monoisotopic (exact) mass is 276 g/mol. The molecule has 1 aliphatic heterocycles. The van der Waals surface area contributed by atoms with E-state index in [0.717, 1.165) is 6.92 Å². The fourth-order valence-electron chi connectivity index (χ4n) is 1.69. The van der Waals surface area contributed by atoms with Crippen molar-refractivity contribution in [1.29, 1.82) is 0 Å². The average molecular weight is 276 g/mol. The van der Waals surface area contributed by atoms with Gasteiger partial charge >= 0.3 is 17.9 Å². The molecule has 1 heterocycles. The standard InChI is InChI=1S/C11H16O8/c1-5(12)16-4-8-9(17-6(2)13)10(11(15)19-8)18-7(3)14/h8-11,15H,4H2,1-3H3/t8-,9?,10+,11-/m0/s1. The second kappa shape index (κ2) is 6.48. The molecule has 0 spiro atoms. The highest BCUT2D eigenvalue weighted by atomic mass is 16.7. The van der Waals surface area contributed by atoms with Crippen LogP contribution in [0.1, 0.15) is 20.8 Å². The van der Waals surface area contributed by atoms with Gasteiger partial charge in [-0.25, -0.2) is 0 Å². The molecule has 1 aliphatic rings. The minimum atomic E-state index is -1.45. The molecule has 0 bridgehead atoms. The lowest BCUT2D eigenvalue weighted by atomic mass is 10.1. The number of rotatable bonds is 4. The third-order valence-electron chi connectivity index (χ3n) is 2.34. The average Bonchev–Trinajstić information content (AvgIpc) is 2.53. The summed E-state index contributed by atoms with van der Waals surface area (Å²) in [6.45, 7) is 3.30. The molecule has 1 fully saturated rings. The van der Waals surface area contributed by atoms with Crippen LogP contribution in [0, 0.1) is 0 Å². The van der Waals surface area contributed by atoms with Crippen LogP contribution in [0.2, 0.25) is 0 Å². The van der Waals surface area contributed by atoms with Gasteiger partial charge in [0.1, 0.15) is 12.7 Å². The minimum Gasteiger partial charge on any atom is -0.463 e. The van der Waals surface area contributed by atoms with Crippen molar-refractivity contribution in [1.82, 2.24) is 0 Å². The molecule has 0 aromatic heterocycles. The molecular weight excluding hydrogens is 260 g/mol. The summed E-state index contributed by atoms with van der Waals surface area (Å²) in [7, 11) is 0. The Kier molecular flexibility index (Phi) is 5.25. The van der Waals surface area contributed by atoms with Crippen LogP contribution in [0.15, 0.2) is 0 Å². The van der Waals surface area contributed by atoms with Gasteiger partial charge in [-0.2, -0.15) is 0 Å². The van der Waals surface area contributed by atoms with E-state index >= 15 is 0 Å². The molecule has 1 unspecified atom stereocenters. The van der Waals surface area contributed by atoms with E-state index in [-0.39, 0.29) is 6.61 Å². The number of carbonyl (C=O) groups is 3. The highest BCUT2D eigenvalue weighted by Crippen LogP contribution is 2.26. The van der Waals surface area contributed by atoms with Gasteiger partial charge in [-0.15, -0.1) is 0 Å². The van der Waals surface area contributed by atoms with Crippen molar-refractivity contribution in [2.45, 2.75) is 45.4 Å². The van der Waals surface area contributed by atoms with Crippen LogP contribution >= 0.6 is 0 Å². The highest BCUT2D eigenvalue weighted by molar-refractivity contribution is 5.67. The Morgan fingerprint density at radius 2 is 1.53 bits per heavy atom. The lowest BCUT2D eigenvalue weighted by Gasteiger charge is -2.21. The van der Waals surface area contributed by atoms with E-state index in [2.05, 4.69) is 0 Å². The van der Waals surface area contributed by atoms with Gasteiger partial charge in [0.25, 0.3) is 0 Å². The van der Waals surface area contributed by atoms with Gasteiger partial charge in [0.15, 0.2) is 18.5 Å². The highest BCUT2D eigenvalue weighted by Gasteiger charge is 2.48. The number of hydrogen-bond acceptors (Lipinski definition) is 8. The molecule has 8 heteroatoms. The van der Waals surface area contributed by atoms with E-state index in [9.17, 15) is 19.5 Å². The van der Waals surface area contributed by atoms with Crippen molar-refractivity contribution in [3.8, 4) is 0 Å². The number of carbonyl (C=O) groups excluding carboxylic acids is 3. The molecule has 19 heavy (non-hydrogen) atoms. The van der Waals surface area contributed by atoms with Gasteiger partial charge < -0.3 is 24.1 Å². The maximum absolute atomic E-state index is 11.0. The number of aliphatic hydroxyl groups is 1. The zero-order valence-corrected chi connectivity index (χ0v) is 10.8. The molecule has 0 saturated carbocycles. The maximum atomic E-state index is 11.0. The topological polar surface area (TPSA) is 108 Å². The normalized spacial score (nSPS) is 29.7. The zero-order chi connectivity index (χ0) is 14.6. The first-order chi connectivity index (χ1) is 8.81. The molecule has 1 rings (SSSR count). The second-order valence-electron chi connectivity index (χ2n) is 4.02. The van der Waals surface area contributed by atoms with Crippen LogP contribution < -0.4 is 0 Å². The second-order valence-corrected chi connectivity index (χ2v) is 4.02. The van der Waals surface area contributed by atoms with Crippen molar-refractivity contribution in [2.75, 3.05) is 6.61 Å². The molecule has 0 amide bonds. The predicted octanol–water partition coefficient (Wildman–Crippen LogP) is -0.870. The van der Waals surface area contributed by atoms with E-state index in [1.54, 1.807) is 0 Å². The molecule has 0 radical (unpaired) electrons. The third-order valence-corrected chi connectivity index (χ3v) is 2.34. The minimum absolute atomic E-state index is 0.220.